The van der Waals surface area contributed by atoms with Crippen LogP contribution < -0.4 is 10.6 Å². The Bertz CT molecular complexity index is 470. The zero-order valence-corrected chi connectivity index (χ0v) is 14.3. The standard InChI is InChI=1S/C17H25BrN2O/c1-14(21)19-11-6-12-20-17(9-3-2-4-10-17)15-7-5-8-16(18)13-15/h5,7-8,13,20H,2-4,6,9-12H2,1H3,(H,19,21). The minimum Gasteiger partial charge on any atom is -0.356 e. The van der Waals surface area contributed by atoms with Gasteiger partial charge >= 0.3 is 0 Å². The smallest absolute Gasteiger partial charge is 0.216 e. The van der Waals surface area contributed by atoms with E-state index in [1.165, 1.54) is 37.7 Å². The Kier molecular flexibility index (Phi) is 6.24. The normalized spacial score (nSPS) is 17.4. The Hall–Kier alpha value is -0.870. The highest BCUT2D eigenvalue weighted by molar-refractivity contribution is 9.10. The minimum atomic E-state index is 0.0503. The lowest BCUT2D eigenvalue weighted by Gasteiger charge is -2.39. The van der Waals surface area contributed by atoms with Crippen molar-refractivity contribution in [2.75, 3.05) is 13.1 Å². The van der Waals surface area contributed by atoms with Crippen LogP contribution in [0.2, 0.25) is 0 Å². The molecule has 0 unspecified atom stereocenters. The molecule has 21 heavy (non-hydrogen) atoms. The third-order valence-electron chi connectivity index (χ3n) is 4.28. The first-order chi connectivity index (χ1) is 10.1. The van der Waals surface area contributed by atoms with Crippen LogP contribution in [0.25, 0.3) is 0 Å². The monoisotopic (exact) mass is 352 g/mol. The molecule has 0 aromatic heterocycles. The summed E-state index contributed by atoms with van der Waals surface area (Å²) in [6, 6.07) is 8.68. The molecule has 1 amide bonds. The summed E-state index contributed by atoms with van der Waals surface area (Å²) in [6.07, 6.45) is 7.27. The van der Waals surface area contributed by atoms with E-state index in [4.69, 9.17) is 0 Å². The van der Waals surface area contributed by atoms with E-state index in [0.29, 0.717) is 0 Å². The molecule has 0 atom stereocenters. The molecule has 0 saturated heterocycles. The number of hydrogen-bond acceptors (Lipinski definition) is 2. The molecule has 1 aromatic rings. The van der Waals surface area contributed by atoms with Crippen molar-refractivity contribution < 1.29 is 4.79 Å². The second-order valence-electron chi connectivity index (χ2n) is 5.92. The van der Waals surface area contributed by atoms with Gasteiger partial charge in [0.25, 0.3) is 0 Å². The van der Waals surface area contributed by atoms with Gasteiger partial charge in [0.05, 0.1) is 0 Å². The zero-order chi connectivity index (χ0) is 15.1. The van der Waals surface area contributed by atoms with Gasteiger partial charge in [-0.2, -0.15) is 0 Å². The van der Waals surface area contributed by atoms with Crippen molar-refractivity contribution in [3.8, 4) is 0 Å². The Morgan fingerprint density at radius 1 is 1.24 bits per heavy atom. The Labute approximate surface area is 136 Å². The highest BCUT2D eigenvalue weighted by Crippen LogP contribution is 2.37. The number of halogens is 1. The molecule has 0 aliphatic heterocycles. The van der Waals surface area contributed by atoms with E-state index in [9.17, 15) is 4.79 Å². The summed E-state index contributed by atoms with van der Waals surface area (Å²) in [4.78, 5) is 10.9. The lowest BCUT2D eigenvalue weighted by molar-refractivity contribution is -0.118. The van der Waals surface area contributed by atoms with Crippen molar-refractivity contribution in [3.05, 3.63) is 34.3 Å². The number of carbonyl (C=O) groups excluding carboxylic acids is 1. The van der Waals surface area contributed by atoms with Gasteiger partial charge < -0.3 is 10.6 Å². The number of carbonyl (C=O) groups is 1. The summed E-state index contributed by atoms with van der Waals surface area (Å²) in [7, 11) is 0. The Morgan fingerprint density at radius 2 is 2.00 bits per heavy atom. The molecule has 1 aliphatic carbocycles. The van der Waals surface area contributed by atoms with Gasteiger partial charge in [-0.15, -0.1) is 0 Å². The highest BCUT2D eigenvalue weighted by atomic mass is 79.9. The molecular formula is C17H25BrN2O. The van der Waals surface area contributed by atoms with Crippen LogP contribution in [0, 0.1) is 0 Å². The average molecular weight is 353 g/mol. The predicted molar refractivity (Wildman–Crippen MR) is 90.2 cm³/mol. The van der Waals surface area contributed by atoms with Crippen LogP contribution in [0.3, 0.4) is 0 Å². The molecule has 1 saturated carbocycles. The van der Waals surface area contributed by atoms with Gasteiger partial charge in [-0.05, 0) is 43.5 Å². The van der Waals surface area contributed by atoms with Gasteiger partial charge in [-0.3, -0.25) is 4.79 Å². The molecule has 0 heterocycles. The number of hydrogen-bond donors (Lipinski definition) is 2. The molecule has 0 bridgehead atoms. The van der Waals surface area contributed by atoms with Crippen molar-refractivity contribution in [2.24, 2.45) is 0 Å². The van der Waals surface area contributed by atoms with Crippen LogP contribution in [0.5, 0.6) is 0 Å². The van der Waals surface area contributed by atoms with Gasteiger partial charge in [0, 0.05) is 23.5 Å². The zero-order valence-electron chi connectivity index (χ0n) is 12.8. The number of rotatable bonds is 6. The van der Waals surface area contributed by atoms with Crippen LogP contribution in [-0.4, -0.2) is 19.0 Å². The van der Waals surface area contributed by atoms with Crippen molar-refractivity contribution >= 4 is 21.8 Å². The van der Waals surface area contributed by atoms with E-state index in [1.54, 1.807) is 6.92 Å². The fourth-order valence-electron chi connectivity index (χ4n) is 3.19. The molecule has 0 radical (unpaired) electrons. The lowest BCUT2D eigenvalue weighted by Crippen LogP contribution is -2.45. The second kappa shape index (κ2) is 7.95. The molecule has 116 valence electrons. The van der Waals surface area contributed by atoms with Crippen molar-refractivity contribution in [1.82, 2.24) is 10.6 Å². The third-order valence-corrected chi connectivity index (χ3v) is 4.77. The van der Waals surface area contributed by atoms with E-state index in [1.807, 2.05) is 0 Å². The van der Waals surface area contributed by atoms with Gasteiger partial charge in [-0.1, -0.05) is 47.3 Å². The van der Waals surface area contributed by atoms with Crippen LogP contribution in [0.1, 0.15) is 51.0 Å². The first kappa shape index (κ1) is 16.5. The van der Waals surface area contributed by atoms with E-state index >= 15 is 0 Å². The maximum Gasteiger partial charge on any atom is 0.216 e. The van der Waals surface area contributed by atoms with Gasteiger partial charge in [0.2, 0.25) is 5.91 Å². The van der Waals surface area contributed by atoms with E-state index < -0.39 is 0 Å². The minimum absolute atomic E-state index is 0.0503. The Balaban J connectivity index is 1.98. The van der Waals surface area contributed by atoms with Crippen LogP contribution in [0.4, 0.5) is 0 Å². The molecule has 4 heteroatoms. The highest BCUT2D eigenvalue weighted by Gasteiger charge is 2.33. The van der Waals surface area contributed by atoms with E-state index in [0.717, 1.165) is 24.0 Å². The maximum absolute atomic E-state index is 10.9. The van der Waals surface area contributed by atoms with Crippen molar-refractivity contribution in [3.63, 3.8) is 0 Å². The largest absolute Gasteiger partial charge is 0.356 e. The fourth-order valence-corrected chi connectivity index (χ4v) is 3.59. The quantitative estimate of drug-likeness (QED) is 0.766. The van der Waals surface area contributed by atoms with Gasteiger partial charge in [0.1, 0.15) is 0 Å². The second-order valence-corrected chi connectivity index (χ2v) is 6.83. The summed E-state index contributed by atoms with van der Waals surface area (Å²) in [5.41, 5.74) is 1.49. The molecule has 1 aromatic carbocycles. The number of benzene rings is 1. The van der Waals surface area contributed by atoms with E-state index in [2.05, 4.69) is 50.8 Å². The first-order valence-electron chi connectivity index (χ1n) is 7.88. The van der Waals surface area contributed by atoms with Crippen LogP contribution in [-0.2, 0) is 10.3 Å². The third kappa shape index (κ3) is 4.82. The molecular weight excluding hydrogens is 328 g/mol. The molecule has 0 spiro atoms. The van der Waals surface area contributed by atoms with E-state index in [-0.39, 0.29) is 11.4 Å². The summed E-state index contributed by atoms with van der Waals surface area (Å²) in [6.45, 7) is 3.25. The first-order valence-corrected chi connectivity index (χ1v) is 8.67. The molecule has 2 rings (SSSR count). The topological polar surface area (TPSA) is 41.1 Å². The summed E-state index contributed by atoms with van der Waals surface area (Å²) in [5.74, 6) is 0.0503. The number of amides is 1. The SMILES string of the molecule is CC(=O)NCCCNC1(c2cccc(Br)c2)CCCCC1. The van der Waals surface area contributed by atoms with Crippen LogP contribution >= 0.6 is 15.9 Å². The van der Waals surface area contributed by atoms with Crippen molar-refractivity contribution in [2.45, 2.75) is 51.0 Å². The van der Waals surface area contributed by atoms with Gasteiger partial charge in [0.15, 0.2) is 0 Å². The fraction of sp³-hybridized carbons (Fsp3) is 0.588. The predicted octanol–water partition coefficient (Wildman–Crippen LogP) is 3.72. The molecule has 3 nitrogen and oxygen atoms in total. The molecule has 1 fully saturated rings. The maximum atomic E-state index is 10.9. The van der Waals surface area contributed by atoms with Crippen LogP contribution in [0.15, 0.2) is 28.7 Å². The average Bonchev–Trinajstić information content (AvgIpc) is 2.47. The van der Waals surface area contributed by atoms with Gasteiger partial charge in [-0.25, -0.2) is 0 Å². The molecule has 1 aliphatic rings. The molecule has 2 N–H and O–H groups in total. The summed E-state index contributed by atoms with van der Waals surface area (Å²) >= 11 is 3.59. The summed E-state index contributed by atoms with van der Waals surface area (Å²) in [5, 5.41) is 6.64. The number of nitrogens with one attached hydrogen (secondary N) is 2. The Morgan fingerprint density at radius 3 is 2.67 bits per heavy atom. The summed E-state index contributed by atoms with van der Waals surface area (Å²) < 4.78 is 1.14. The van der Waals surface area contributed by atoms with Crippen molar-refractivity contribution in [1.29, 1.82) is 0 Å². The lowest BCUT2D eigenvalue weighted by atomic mass is 9.76.